The number of carbonyl (C=O) groups is 1. The Labute approximate surface area is 195 Å². The number of hydrogen-bond donors (Lipinski definition) is 1. The predicted octanol–water partition coefficient (Wildman–Crippen LogP) is 3.50. The molecule has 0 bridgehead atoms. The van der Waals surface area contributed by atoms with Crippen molar-refractivity contribution in [1.82, 2.24) is 9.62 Å². The quantitative estimate of drug-likeness (QED) is 0.710. The van der Waals surface area contributed by atoms with E-state index in [0.29, 0.717) is 25.8 Å². The van der Waals surface area contributed by atoms with Gasteiger partial charge in [0.25, 0.3) is 0 Å². The molecule has 3 aliphatic rings. The van der Waals surface area contributed by atoms with Crippen LogP contribution in [-0.2, 0) is 21.2 Å². The first-order chi connectivity index (χ1) is 15.8. The van der Waals surface area contributed by atoms with Crippen LogP contribution in [0, 0.1) is 22.2 Å². The summed E-state index contributed by atoms with van der Waals surface area (Å²) in [6.07, 6.45) is 5.58. The second kappa shape index (κ2) is 7.96. The fourth-order valence-corrected chi connectivity index (χ4v) is 6.45. The molecule has 0 radical (unpaired) electrons. The van der Waals surface area contributed by atoms with Gasteiger partial charge in [0.1, 0.15) is 5.41 Å². The number of benzene rings is 2. The van der Waals surface area contributed by atoms with Crippen molar-refractivity contribution in [3.63, 3.8) is 0 Å². The van der Waals surface area contributed by atoms with Gasteiger partial charge in [0.05, 0.1) is 18.4 Å². The Morgan fingerprint density at radius 2 is 1.79 bits per heavy atom. The minimum Gasteiger partial charge on any atom is -0.336 e. The normalized spacial score (nSPS) is 24.8. The molecule has 2 unspecified atom stereocenters. The minimum absolute atomic E-state index is 0.121. The highest BCUT2D eigenvalue weighted by Crippen LogP contribution is 2.57. The summed E-state index contributed by atoms with van der Waals surface area (Å²) >= 11 is 0. The third-order valence-corrected chi connectivity index (χ3v) is 8.42. The molecule has 2 aromatic carbocycles. The maximum absolute atomic E-state index is 13.6. The lowest BCUT2D eigenvalue weighted by Crippen LogP contribution is -2.53. The molecule has 6 nitrogen and oxygen atoms in total. The largest absolute Gasteiger partial charge is 0.336 e. The SMILES string of the molecule is CS(=O)(=O)NC1C(Cc2cccc(-c3ccccc3)c2)N(C(=O)C2(C#N)CCC2)CC12CC2. The number of sulfonamides is 1. The van der Waals surface area contributed by atoms with Crippen molar-refractivity contribution < 1.29 is 13.2 Å². The number of amides is 1. The van der Waals surface area contributed by atoms with E-state index in [-0.39, 0.29) is 23.4 Å². The van der Waals surface area contributed by atoms with Crippen LogP contribution in [0.3, 0.4) is 0 Å². The van der Waals surface area contributed by atoms with E-state index < -0.39 is 15.4 Å². The minimum atomic E-state index is -3.45. The zero-order chi connectivity index (χ0) is 23.3. The molecule has 1 spiro atoms. The second-order valence-electron chi connectivity index (χ2n) is 10.0. The van der Waals surface area contributed by atoms with Gasteiger partial charge in [-0.25, -0.2) is 13.1 Å². The molecule has 2 aromatic rings. The first-order valence-corrected chi connectivity index (χ1v) is 13.5. The van der Waals surface area contributed by atoms with Crippen LogP contribution >= 0.6 is 0 Å². The van der Waals surface area contributed by atoms with Crippen LogP contribution in [0.5, 0.6) is 0 Å². The van der Waals surface area contributed by atoms with Crippen LogP contribution in [0.25, 0.3) is 11.1 Å². The van der Waals surface area contributed by atoms with Crippen molar-refractivity contribution >= 4 is 15.9 Å². The van der Waals surface area contributed by atoms with Gasteiger partial charge < -0.3 is 4.90 Å². The Balaban J connectivity index is 1.50. The number of nitrogens with one attached hydrogen (secondary N) is 1. The van der Waals surface area contributed by atoms with Crippen LogP contribution in [0.15, 0.2) is 54.6 Å². The molecule has 0 aromatic heterocycles. The summed E-state index contributed by atoms with van der Waals surface area (Å²) in [4.78, 5) is 15.5. The van der Waals surface area contributed by atoms with E-state index in [4.69, 9.17) is 0 Å². The van der Waals surface area contributed by atoms with Gasteiger partial charge in [0, 0.05) is 18.0 Å². The van der Waals surface area contributed by atoms with Gasteiger partial charge in [-0.2, -0.15) is 5.26 Å². The van der Waals surface area contributed by atoms with Crippen molar-refractivity contribution in [3.05, 3.63) is 60.2 Å². The lowest BCUT2D eigenvalue weighted by atomic mass is 9.69. The number of carbonyl (C=O) groups excluding carboxylic acids is 1. The maximum atomic E-state index is 13.6. The number of nitriles is 1. The molecule has 5 rings (SSSR count). The lowest BCUT2D eigenvalue weighted by molar-refractivity contribution is -0.144. The summed E-state index contributed by atoms with van der Waals surface area (Å²) in [5.74, 6) is -0.121. The van der Waals surface area contributed by atoms with Crippen molar-refractivity contribution in [3.8, 4) is 17.2 Å². The van der Waals surface area contributed by atoms with Gasteiger partial charge in [0.2, 0.25) is 15.9 Å². The Hall–Kier alpha value is -2.69. The fraction of sp³-hybridized carbons (Fsp3) is 0.462. The molecule has 1 N–H and O–H groups in total. The molecule has 1 heterocycles. The van der Waals surface area contributed by atoms with Crippen molar-refractivity contribution in [2.24, 2.45) is 10.8 Å². The molecule has 1 aliphatic heterocycles. The maximum Gasteiger partial charge on any atom is 0.243 e. The Morgan fingerprint density at radius 3 is 2.36 bits per heavy atom. The molecule has 1 amide bonds. The van der Waals surface area contributed by atoms with E-state index in [1.54, 1.807) is 0 Å². The van der Waals surface area contributed by atoms with Gasteiger partial charge in [0.15, 0.2) is 0 Å². The van der Waals surface area contributed by atoms with Gasteiger partial charge in [-0.05, 0) is 55.2 Å². The average molecular weight is 464 g/mol. The summed E-state index contributed by atoms with van der Waals surface area (Å²) < 4.78 is 27.4. The van der Waals surface area contributed by atoms with E-state index in [1.807, 2.05) is 35.2 Å². The molecule has 2 saturated carbocycles. The second-order valence-corrected chi connectivity index (χ2v) is 11.8. The third kappa shape index (κ3) is 4.07. The van der Waals surface area contributed by atoms with Crippen LogP contribution in [0.4, 0.5) is 0 Å². The Morgan fingerprint density at radius 1 is 1.09 bits per heavy atom. The highest BCUT2D eigenvalue weighted by molar-refractivity contribution is 7.88. The molecule has 2 atom stereocenters. The van der Waals surface area contributed by atoms with Gasteiger partial charge >= 0.3 is 0 Å². The highest BCUT2D eigenvalue weighted by atomic mass is 32.2. The third-order valence-electron chi connectivity index (χ3n) is 7.73. The summed E-state index contributed by atoms with van der Waals surface area (Å²) in [5.41, 5.74) is 2.09. The highest BCUT2D eigenvalue weighted by Gasteiger charge is 2.63. The topological polar surface area (TPSA) is 90.3 Å². The summed E-state index contributed by atoms with van der Waals surface area (Å²) in [6.45, 7) is 0.519. The van der Waals surface area contributed by atoms with Crippen LogP contribution in [-0.4, -0.2) is 44.1 Å². The molecule has 33 heavy (non-hydrogen) atoms. The molecule has 7 heteroatoms. The number of rotatable bonds is 6. The first kappa shape index (κ1) is 22.1. The summed E-state index contributed by atoms with van der Waals surface area (Å²) in [5, 5.41) is 9.79. The standard InChI is InChI=1S/C26H29N3O3S/c1-33(31,32)28-23-22(16-19-7-5-10-21(15-19)20-8-3-2-4-9-20)29(18-26(23)13-14-26)24(30)25(17-27)11-6-12-25/h2-5,7-10,15,22-23,28H,6,11-14,16,18H2,1H3. The number of hydrogen-bond acceptors (Lipinski definition) is 4. The summed E-state index contributed by atoms with van der Waals surface area (Å²) in [7, 11) is -3.45. The fourth-order valence-electron chi connectivity index (χ4n) is 5.59. The van der Waals surface area contributed by atoms with Crippen molar-refractivity contribution in [2.45, 2.75) is 50.6 Å². The number of nitrogens with zero attached hydrogens (tertiary/aromatic N) is 2. The lowest BCUT2D eigenvalue weighted by Gasteiger charge is -2.39. The van der Waals surface area contributed by atoms with Crippen LogP contribution in [0.2, 0.25) is 0 Å². The van der Waals surface area contributed by atoms with E-state index in [9.17, 15) is 18.5 Å². The van der Waals surface area contributed by atoms with Crippen molar-refractivity contribution in [2.75, 3.05) is 12.8 Å². The van der Waals surface area contributed by atoms with Gasteiger partial charge in [-0.3, -0.25) is 4.79 Å². The van der Waals surface area contributed by atoms with Crippen LogP contribution in [0.1, 0.15) is 37.7 Å². The van der Waals surface area contributed by atoms with Crippen LogP contribution < -0.4 is 4.72 Å². The Bertz CT molecular complexity index is 1210. The van der Waals surface area contributed by atoms with E-state index in [2.05, 4.69) is 35.1 Å². The molecular formula is C26H29N3O3S. The van der Waals surface area contributed by atoms with E-state index in [0.717, 1.165) is 36.0 Å². The van der Waals surface area contributed by atoms with E-state index in [1.165, 1.54) is 6.26 Å². The zero-order valence-corrected chi connectivity index (χ0v) is 19.6. The first-order valence-electron chi connectivity index (χ1n) is 11.6. The molecular weight excluding hydrogens is 434 g/mol. The monoisotopic (exact) mass is 463 g/mol. The average Bonchev–Trinajstić information content (AvgIpc) is 3.49. The molecule has 172 valence electrons. The molecule has 1 saturated heterocycles. The van der Waals surface area contributed by atoms with Gasteiger partial charge in [-0.15, -0.1) is 0 Å². The Kier molecular flexibility index (Phi) is 5.34. The number of likely N-dealkylation sites (tertiary alicyclic amines) is 1. The summed E-state index contributed by atoms with van der Waals surface area (Å²) in [6, 6.07) is 20.0. The molecule has 3 fully saturated rings. The van der Waals surface area contributed by atoms with Gasteiger partial charge in [-0.1, -0.05) is 54.6 Å². The van der Waals surface area contributed by atoms with Crippen molar-refractivity contribution in [1.29, 1.82) is 5.26 Å². The smallest absolute Gasteiger partial charge is 0.243 e. The molecule has 2 aliphatic carbocycles. The van der Waals surface area contributed by atoms with E-state index >= 15 is 0 Å². The predicted molar refractivity (Wildman–Crippen MR) is 126 cm³/mol. The zero-order valence-electron chi connectivity index (χ0n) is 18.8.